The van der Waals surface area contributed by atoms with E-state index in [-0.39, 0.29) is 11.3 Å². The average molecular weight is 366 g/mol. The first-order valence-corrected chi connectivity index (χ1v) is 9.70. The van der Waals surface area contributed by atoms with E-state index in [1.807, 2.05) is 81.2 Å². The monoisotopic (exact) mass is 365 g/mol. The van der Waals surface area contributed by atoms with Gasteiger partial charge in [-0.2, -0.15) is 0 Å². The molecule has 0 aromatic heterocycles. The van der Waals surface area contributed by atoms with E-state index in [1.165, 1.54) is 0 Å². The number of allylic oxidation sites excluding steroid dienone is 3. The summed E-state index contributed by atoms with van der Waals surface area (Å²) in [5.41, 5.74) is 3.29. The van der Waals surface area contributed by atoms with Gasteiger partial charge in [-0.15, -0.1) is 0 Å². The minimum Gasteiger partial charge on any atom is -0.307 e. The number of carbonyl (C=O) groups is 1. The van der Waals surface area contributed by atoms with Gasteiger partial charge in [0.2, 0.25) is 5.91 Å². The predicted molar refractivity (Wildman–Crippen MR) is 120 cm³/mol. The van der Waals surface area contributed by atoms with E-state index in [4.69, 9.17) is 0 Å². The second-order valence-corrected chi connectivity index (χ2v) is 8.05. The molecule has 0 unspecified atom stereocenters. The molecular formula is C25H35NO. The number of amides is 1. The zero-order valence-electron chi connectivity index (χ0n) is 18.1. The molecule has 1 aliphatic rings. The lowest BCUT2D eigenvalue weighted by Gasteiger charge is -2.41. The van der Waals surface area contributed by atoms with Crippen LogP contribution in [0.3, 0.4) is 0 Å². The molecule has 1 amide bonds. The van der Waals surface area contributed by atoms with Crippen molar-refractivity contribution in [2.45, 2.75) is 48.5 Å². The van der Waals surface area contributed by atoms with Crippen LogP contribution < -0.4 is 4.90 Å². The van der Waals surface area contributed by atoms with Crippen LogP contribution in [0.2, 0.25) is 0 Å². The fourth-order valence-electron chi connectivity index (χ4n) is 2.73. The fraction of sp³-hybridized carbons (Fsp3) is 0.400. The van der Waals surface area contributed by atoms with Gasteiger partial charge in [-0.3, -0.25) is 4.79 Å². The van der Waals surface area contributed by atoms with E-state index in [9.17, 15) is 4.79 Å². The summed E-state index contributed by atoms with van der Waals surface area (Å²) < 4.78 is 0. The molecule has 1 aromatic rings. The number of anilines is 1. The molecule has 2 rings (SSSR count). The third kappa shape index (κ3) is 4.68. The van der Waals surface area contributed by atoms with Crippen molar-refractivity contribution in [3.8, 4) is 0 Å². The van der Waals surface area contributed by atoms with E-state index in [1.54, 1.807) is 0 Å². The molecule has 0 bridgehead atoms. The Morgan fingerprint density at radius 3 is 2.11 bits per heavy atom. The number of nitrogens with zero attached hydrogens (tertiary/aromatic N) is 1. The lowest BCUT2D eigenvalue weighted by Crippen LogP contribution is -2.48. The normalized spacial score (nSPS) is 18.3. The van der Waals surface area contributed by atoms with Crippen LogP contribution in [-0.4, -0.2) is 12.5 Å². The van der Waals surface area contributed by atoms with E-state index in [0.717, 1.165) is 22.4 Å². The number of carbonyl (C=O) groups excluding carboxylic acids is 1. The Hall–Kier alpha value is -2.35. The van der Waals surface area contributed by atoms with Crippen molar-refractivity contribution in [3.63, 3.8) is 0 Å². The topological polar surface area (TPSA) is 20.3 Å². The SMILES string of the molecule is C=CC1=C(\C=C)CN(C(=O)C(C)(C)C(C)(C)C)c2ccccc2/C=C\1.CC. The van der Waals surface area contributed by atoms with Crippen LogP contribution in [0.25, 0.3) is 6.08 Å². The van der Waals surface area contributed by atoms with Crippen molar-refractivity contribution < 1.29 is 4.79 Å². The van der Waals surface area contributed by atoms with E-state index in [0.29, 0.717) is 6.54 Å². The molecule has 146 valence electrons. The van der Waals surface area contributed by atoms with Crippen LogP contribution >= 0.6 is 0 Å². The molecule has 27 heavy (non-hydrogen) atoms. The van der Waals surface area contributed by atoms with Gasteiger partial charge in [0, 0.05) is 5.41 Å². The van der Waals surface area contributed by atoms with Crippen molar-refractivity contribution in [2.24, 2.45) is 10.8 Å². The summed E-state index contributed by atoms with van der Waals surface area (Å²) in [7, 11) is 0. The maximum absolute atomic E-state index is 13.6. The number of hydrogen-bond donors (Lipinski definition) is 0. The number of hydrogen-bond acceptors (Lipinski definition) is 1. The van der Waals surface area contributed by atoms with Crippen LogP contribution in [0.5, 0.6) is 0 Å². The van der Waals surface area contributed by atoms with E-state index < -0.39 is 5.41 Å². The van der Waals surface area contributed by atoms with Gasteiger partial charge < -0.3 is 4.90 Å². The van der Waals surface area contributed by atoms with Gasteiger partial charge in [-0.05, 0) is 28.2 Å². The largest absolute Gasteiger partial charge is 0.307 e. The van der Waals surface area contributed by atoms with Gasteiger partial charge in [0.25, 0.3) is 0 Å². The first kappa shape index (κ1) is 22.7. The van der Waals surface area contributed by atoms with Crippen LogP contribution in [0.4, 0.5) is 5.69 Å². The van der Waals surface area contributed by atoms with Crippen molar-refractivity contribution in [2.75, 3.05) is 11.4 Å². The molecule has 0 radical (unpaired) electrons. The summed E-state index contributed by atoms with van der Waals surface area (Å²) in [4.78, 5) is 15.5. The highest BCUT2D eigenvalue weighted by molar-refractivity contribution is 6.00. The second-order valence-electron chi connectivity index (χ2n) is 8.05. The van der Waals surface area contributed by atoms with Gasteiger partial charge in [0.05, 0.1) is 12.2 Å². The Morgan fingerprint density at radius 2 is 1.59 bits per heavy atom. The Morgan fingerprint density at radius 1 is 1.00 bits per heavy atom. The molecule has 0 saturated heterocycles. The smallest absolute Gasteiger partial charge is 0.233 e. The zero-order valence-corrected chi connectivity index (χ0v) is 18.1. The van der Waals surface area contributed by atoms with Crippen molar-refractivity contribution in [3.05, 3.63) is 72.4 Å². The predicted octanol–water partition coefficient (Wildman–Crippen LogP) is 6.81. The van der Waals surface area contributed by atoms with Crippen molar-refractivity contribution >= 4 is 17.7 Å². The third-order valence-corrected chi connectivity index (χ3v) is 5.49. The minimum atomic E-state index is -0.510. The van der Waals surface area contributed by atoms with Gasteiger partial charge in [-0.25, -0.2) is 0 Å². The number of fused-ring (bicyclic) bond motifs is 1. The first-order valence-electron chi connectivity index (χ1n) is 9.70. The highest BCUT2D eigenvalue weighted by atomic mass is 16.2. The molecule has 0 N–H and O–H groups in total. The quantitative estimate of drug-likeness (QED) is 0.576. The molecule has 0 atom stereocenters. The van der Waals surface area contributed by atoms with Gasteiger partial charge in [0.1, 0.15) is 0 Å². The standard InChI is InChI=1S/C23H29NO.C2H6/c1-8-17-14-15-19-12-10-11-13-20(19)24(16-18(17)9-2)21(25)23(6,7)22(3,4)5;1-2/h8-15H,1-2,16H2,3-7H3;1-2H3/b15-14-,18-17-;. The van der Waals surface area contributed by atoms with Crippen molar-refractivity contribution in [1.29, 1.82) is 0 Å². The van der Waals surface area contributed by atoms with Gasteiger partial charge >= 0.3 is 0 Å². The van der Waals surface area contributed by atoms with E-state index in [2.05, 4.69) is 33.9 Å². The number of rotatable bonds is 3. The molecule has 0 fully saturated rings. The van der Waals surface area contributed by atoms with Crippen LogP contribution in [0.1, 0.15) is 54.0 Å². The third-order valence-electron chi connectivity index (χ3n) is 5.49. The molecule has 2 nitrogen and oxygen atoms in total. The molecule has 2 heteroatoms. The van der Waals surface area contributed by atoms with Crippen LogP contribution in [0, 0.1) is 10.8 Å². The molecule has 0 saturated carbocycles. The maximum atomic E-state index is 13.6. The van der Waals surface area contributed by atoms with Crippen LogP contribution in [-0.2, 0) is 4.79 Å². The second kappa shape index (κ2) is 9.03. The first-order chi connectivity index (χ1) is 12.6. The fourth-order valence-corrected chi connectivity index (χ4v) is 2.73. The zero-order chi connectivity index (χ0) is 20.8. The van der Waals surface area contributed by atoms with Gasteiger partial charge in [0.15, 0.2) is 0 Å². The maximum Gasteiger partial charge on any atom is 0.233 e. The van der Waals surface area contributed by atoms with Gasteiger partial charge in [-0.1, -0.05) is 104 Å². The van der Waals surface area contributed by atoms with Crippen molar-refractivity contribution in [1.82, 2.24) is 0 Å². The molecular weight excluding hydrogens is 330 g/mol. The average Bonchev–Trinajstić information content (AvgIpc) is 2.63. The highest BCUT2D eigenvalue weighted by Gasteiger charge is 2.43. The van der Waals surface area contributed by atoms with E-state index >= 15 is 0 Å². The summed E-state index contributed by atoms with van der Waals surface area (Å²) in [6.07, 6.45) is 7.72. The summed E-state index contributed by atoms with van der Waals surface area (Å²) in [6, 6.07) is 8.02. The Bertz CT molecular complexity index is 757. The van der Waals surface area contributed by atoms with Crippen LogP contribution in [0.15, 0.2) is 66.8 Å². The molecule has 1 heterocycles. The lowest BCUT2D eigenvalue weighted by atomic mass is 9.68. The Labute approximate surface area is 166 Å². The number of para-hydroxylation sites is 1. The molecule has 1 aromatic carbocycles. The summed E-state index contributed by atoms with van der Waals surface area (Å²) in [6.45, 7) is 22.7. The summed E-state index contributed by atoms with van der Waals surface area (Å²) in [5.74, 6) is 0.116. The molecule has 0 spiro atoms. The molecule has 1 aliphatic heterocycles. The summed E-state index contributed by atoms with van der Waals surface area (Å²) >= 11 is 0. The Kier molecular flexibility index (Phi) is 7.59. The number of benzene rings is 1. The molecule has 0 aliphatic carbocycles. The minimum absolute atomic E-state index is 0.116. The highest BCUT2D eigenvalue weighted by Crippen LogP contribution is 2.41. The lowest BCUT2D eigenvalue weighted by molar-refractivity contribution is -0.131. The summed E-state index contributed by atoms with van der Waals surface area (Å²) in [5, 5.41) is 0. The Balaban J connectivity index is 0.00000176.